The molecule has 152 valence electrons. The second kappa shape index (κ2) is 8.97. The average Bonchev–Trinajstić information content (AvgIpc) is 2.73. The van der Waals surface area contributed by atoms with Crippen LogP contribution in [0.1, 0.15) is 5.56 Å². The van der Waals surface area contributed by atoms with Crippen molar-refractivity contribution in [1.29, 1.82) is 0 Å². The van der Waals surface area contributed by atoms with E-state index in [1.54, 1.807) is 24.3 Å². The number of hydrazine groups is 1. The largest absolute Gasteiger partial charge is 0.305 e. The van der Waals surface area contributed by atoms with Crippen LogP contribution in [0.15, 0.2) is 70.9 Å². The number of rotatable bonds is 7. The number of hydrogen-bond acceptors (Lipinski definition) is 8. The molecule has 0 bridgehead atoms. The van der Waals surface area contributed by atoms with E-state index in [1.807, 2.05) is 30.3 Å². The molecule has 0 atom stereocenters. The van der Waals surface area contributed by atoms with Gasteiger partial charge in [-0.15, -0.1) is 0 Å². The van der Waals surface area contributed by atoms with Gasteiger partial charge in [-0.25, -0.2) is 0 Å². The van der Waals surface area contributed by atoms with E-state index in [-0.39, 0.29) is 16.3 Å². The monoisotopic (exact) mass is 426 g/mol. The second-order valence-corrected chi connectivity index (χ2v) is 6.48. The van der Waals surface area contributed by atoms with Crippen molar-refractivity contribution >= 4 is 45.7 Å². The number of azo groups is 1. The Morgan fingerprint density at radius 3 is 2.03 bits per heavy atom. The molecular formula is C19H15ClN6O4. The first-order chi connectivity index (χ1) is 14.4. The van der Waals surface area contributed by atoms with Crippen molar-refractivity contribution in [2.75, 3.05) is 10.9 Å². The number of nitrogens with one attached hydrogen (secondary N) is 2. The smallest absolute Gasteiger partial charge is 0.301 e. The Hall–Kier alpha value is -4.05. The summed E-state index contributed by atoms with van der Waals surface area (Å²) < 4.78 is 0. The molecule has 0 heterocycles. The standard InChI is InChI=1S/C19H15ClN6O4/c1-12-17(25(27)28)11-16(20)18(19(12)26(29)30)24-23-15-9-7-14(8-10-15)22-21-13-5-3-2-4-6-13/h2-11,23-24H,1H3. The van der Waals surface area contributed by atoms with Crippen molar-refractivity contribution in [2.45, 2.75) is 6.92 Å². The Morgan fingerprint density at radius 1 is 0.867 bits per heavy atom. The number of hydrogen-bond donors (Lipinski definition) is 2. The molecule has 0 saturated carbocycles. The minimum Gasteiger partial charge on any atom is -0.301 e. The van der Waals surface area contributed by atoms with Crippen LogP contribution < -0.4 is 10.9 Å². The summed E-state index contributed by atoms with van der Waals surface area (Å²) in [6, 6.07) is 17.1. The summed E-state index contributed by atoms with van der Waals surface area (Å²) in [6.45, 7) is 1.30. The summed E-state index contributed by atoms with van der Waals surface area (Å²) in [6.07, 6.45) is 0. The fourth-order valence-electron chi connectivity index (χ4n) is 2.62. The maximum atomic E-state index is 11.4. The molecule has 3 aromatic carbocycles. The van der Waals surface area contributed by atoms with Gasteiger partial charge in [0.25, 0.3) is 5.69 Å². The molecular weight excluding hydrogens is 412 g/mol. The number of halogens is 1. The molecule has 0 aliphatic rings. The van der Waals surface area contributed by atoms with Gasteiger partial charge < -0.3 is 5.43 Å². The highest BCUT2D eigenvalue weighted by molar-refractivity contribution is 6.34. The van der Waals surface area contributed by atoms with E-state index in [2.05, 4.69) is 21.1 Å². The molecule has 10 nitrogen and oxygen atoms in total. The van der Waals surface area contributed by atoms with Crippen LogP contribution in [0, 0.1) is 27.2 Å². The highest BCUT2D eigenvalue weighted by Gasteiger charge is 2.29. The Kier molecular flexibility index (Phi) is 6.18. The fourth-order valence-corrected chi connectivity index (χ4v) is 2.86. The number of anilines is 2. The predicted molar refractivity (Wildman–Crippen MR) is 114 cm³/mol. The lowest BCUT2D eigenvalue weighted by Gasteiger charge is -2.13. The zero-order valence-corrected chi connectivity index (χ0v) is 16.3. The molecule has 0 unspecified atom stereocenters. The van der Waals surface area contributed by atoms with Gasteiger partial charge in [-0.05, 0) is 43.3 Å². The molecule has 2 N–H and O–H groups in total. The van der Waals surface area contributed by atoms with Crippen LogP contribution in [0.25, 0.3) is 0 Å². The lowest BCUT2D eigenvalue weighted by molar-refractivity contribution is -0.394. The van der Waals surface area contributed by atoms with Gasteiger partial charge in [0.2, 0.25) is 0 Å². The summed E-state index contributed by atoms with van der Waals surface area (Å²) in [5, 5.41) is 30.6. The lowest BCUT2D eigenvalue weighted by Crippen LogP contribution is -2.12. The minimum absolute atomic E-state index is 0.0717. The van der Waals surface area contributed by atoms with Gasteiger partial charge in [0, 0.05) is 6.07 Å². The van der Waals surface area contributed by atoms with Crippen molar-refractivity contribution in [3.63, 3.8) is 0 Å². The zero-order valence-electron chi connectivity index (χ0n) is 15.6. The first kappa shape index (κ1) is 20.7. The summed E-state index contributed by atoms with van der Waals surface area (Å²) in [5.74, 6) is 0. The Balaban J connectivity index is 1.77. The molecule has 0 aliphatic carbocycles. The van der Waals surface area contributed by atoms with Crippen LogP contribution >= 0.6 is 11.6 Å². The van der Waals surface area contributed by atoms with Crippen LogP contribution in [-0.2, 0) is 0 Å². The highest BCUT2D eigenvalue weighted by Crippen LogP contribution is 2.40. The first-order valence-corrected chi connectivity index (χ1v) is 8.95. The van der Waals surface area contributed by atoms with Crippen LogP contribution in [0.3, 0.4) is 0 Å². The molecule has 0 aliphatic heterocycles. The lowest BCUT2D eigenvalue weighted by atomic mass is 10.1. The van der Waals surface area contributed by atoms with E-state index in [9.17, 15) is 20.2 Å². The van der Waals surface area contributed by atoms with Crippen LogP contribution in [-0.4, -0.2) is 9.85 Å². The van der Waals surface area contributed by atoms with E-state index < -0.39 is 21.2 Å². The van der Waals surface area contributed by atoms with Crippen LogP contribution in [0.2, 0.25) is 5.02 Å². The summed E-state index contributed by atoms with van der Waals surface area (Å²) in [4.78, 5) is 21.1. The molecule has 0 amide bonds. The Labute approximate surface area is 175 Å². The van der Waals surface area contributed by atoms with Crippen LogP contribution in [0.4, 0.5) is 34.1 Å². The molecule has 0 spiro atoms. The van der Waals surface area contributed by atoms with E-state index >= 15 is 0 Å². The van der Waals surface area contributed by atoms with Gasteiger partial charge in [-0.1, -0.05) is 29.8 Å². The zero-order chi connectivity index (χ0) is 21.7. The molecule has 11 heteroatoms. The SMILES string of the molecule is Cc1c([N+](=O)[O-])cc(Cl)c(NNc2ccc(N=Nc3ccccc3)cc2)c1[N+](=O)[O-]. The molecule has 0 fully saturated rings. The maximum absolute atomic E-state index is 11.4. The summed E-state index contributed by atoms with van der Waals surface area (Å²) >= 11 is 6.05. The highest BCUT2D eigenvalue weighted by atomic mass is 35.5. The van der Waals surface area contributed by atoms with Gasteiger partial charge in [-0.3, -0.25) is 25.7 Å². The molecule has 3 aromatic rings. The number of nitro groups is 2. The number of nitrogens with zero attached hydrogens (tertiary/aromatic N) is 4. The Morgan fingerprint density at radius 2 is 1.47 bits per heavy atom. The van der Waals surface area contributed by atoms with Gasteiger partial charge in [0.05, 0.1) is 31.9 Å². The molecule has 0 saturated heterocycles. The average molecular weight is 427 g/mol. The van der Waals surface area contributed by atoms with E-state index in [0.717, 1.165) is 11.8 Å². The van der Waals surface area contributed by atoms with Crippen molar-refractivity contribution in [2.24, 2.45) is 10.2 Å². The molecule has 0 radical (unpaired) electrons. The minimum atomic E-state index is -0.717. The van der Waals surface area contributed by atoms with E-state index in [1.165, 1.54) is 6.92 Å². The quantitative estimate of drug-likeness (QED) is 0.258. The third-order valence-electron chi connectivity index (χ3n) is 4.09. The topological polar surface area (TPSA) is 135 Å². The van der Waals surface area contributed by atoms with Crippen molar-refractivity contribution in [1.82, 2.24) is 0 Å². The van der Waals surface area contributed by atoms with Crippen LogP contribution in [0.5, 0.6) is 0 Å². The second-order valence-electron chi connectivity index (χ2n) is 6.07. The fraction of sp³-hybridized carbons (Fsp3) is 0.0526. The third kappa shape index (κ3) is 4.67. The van der Waals surface area contributed by atoms with Gasteiger partial charge in [-0.2, -0.15) is 10.2 Å². The molecule has 30 heavy (non-hydrogen) atoms. The van der Waals surface area contributed by atoms with E-state index in [4.69, 9.17) is 11.6 Å². The molecule has 3 rings (SSSR count). The van der Waals surface area contributed by atoms with E-state index in [0.29, 0.717) is 11.4 Å². The normalized spacial score (nSPS) is 10.7. The predicted octanol–water partition coefficient (Wildman–Crippen LogP) is 6.32. The van der Waals surface area contributed by atoms with Gasteiger partial charge in [0.1, 0.15) is 5.56 Å². The third-order valence-corrected chi connectivity index (χ3v) is 4.39. The van der Waals surface area contributed by atoms with Crippen molar-refractivity contribution < 1.29 is 9.85 Å². The van der Waals surface area contributed by atoms with Gasteiger partial charge in [0.15, 0.2) is 5.69 Å². The molecule has 0 aromatic heterocycles. The Bertz CT molecular complexity index is 1120. The summed E-state index contributed by atoms with van der Waals surface area (Å²) in [7, 11) is 0. The number of nitro benzene ring substituents is 2. The first-order valence-electron chi connectivity index (χ1n) is 8.57. The van der Waals surface area contributed by atoms with Gasteiger partial charge >= 0.3 is 5.69 Å². The van der Waals surface area contributed by atoms with Crippen molar-refractivity contribution in [3.8, 4) is 0 Å². The number of benzene rings is 3. The maximum Gasteiger partial charge on any atom is 0.305 e. The summed E-state index contributed by atoms with van der Waals surface area (Å²) in [5.41, 5.74) is 6.28. The van der Waals surface area contributed by atoms with Crippen molar-refractivity contribution in [3.05, 3.63) is 91.5 Å².